The molecule has 2 aliphatic carbocycles. The van der Waals surface area contributed by atoms with Crippen molar-refractivity contribution in [3.8, 4) is 0 Å². The molecule has 3 heterocycles. The van der Waals surface area contributed by atoms with E-state index >= 15 is 0 Å². The molecule has 1 fully saturated rings. The van der Waals surface area contributed by atoms with Crippen molar-refractivity contribution in [1.82, 2.24) is 25.1 Å². The number of fused-ring (bicyclic) bond motifs is 1. The van der Waals surface area contributed by atoms with Crippen molar-refractivity contribution < 1.29 is 4.79 Å². The van der Waals surface area contributed by atoms with Gasteiger partial charge in [0.25, 0.3) is 0 Å². The Morgan fingerprint density at radius 3 is 2.82 bits per heavy atom. The van der Waals surface area contributed by atoms with Crippen LogP contribution >= 0.6 is 0 Å². The summed E-state index contributed by atoms with van der Waals surface area (Å²) in [7, 11) is 1.85. The van der Waals surface area contributed by atoms with Crippen molar-refractivity contribution in [2.45, 2.75) is 31.6 Å². The maximum Gasteiger partial charge on any atom is 0.228 e. The Balaban J connectivity index is 1.51. The topological polar surface area (TPSA) is 108 Å². The molecule has 1 unspecified atom stereocenters. The van der Waals surface area contributed by atoms with Crippen LogP contribution in [0.15, 0.2) is 30.9 Å². The molecule has 3 aromatic heterocycles. The van der Waals surface area contributed by atoms with Gasteiger partial charge in [0.2, 0.25) is 5.91 Å². The van der Waals surface area contributed by atoms with Crippen molar-refractivity contribution >= 4 is 33.9 Å². The molecule has 28 heavy (non-hydrogen) atoms. The van der Waals surface area contributed by atoms with E-state index in [1.807, 2.05) is 19.3 Å². The minimum Gasteiger partial charge on any atom is -0.373 e. The van der Waals surface area contributed by atoms with Crippen molar-refractivity contribution in [1.29, 1.82) is 0 Å². The van der Waals surface area contributed by atoms with Crippen LogP contribution in [0.5, 0.6) is 0 Å². The van der Waals surface area contributed by atoms with Crippen LogP contribution in [0.25, 0.3) is 16.3 Å². The van der Waals surface area contributed by atoms with Crippen molar-refractivity contribution in [3.05, 3.63) is 42.3 Å². The molecule has 3 aromatic rings. The van der Waals surface area contributed by atoms with Crippen molar-refractivity contribution in [2.24, 2.45) is 5.92 Å². The summed E-state index contributed by atoms with van der Waals surface area (Å²) in [4.78, 5) is 25.5. The van der Waals surface area contributed by atoms with Crippen LogP contribution in [0.3, 0.4) is 0 Å². The van der Waals surface area contributed by atoms with Crippen LogP contribution in [-0.4, -0.2) is 38.1 Å². The smallest absolute Gasteiger partial charge is 0.228 e. The largest absolute Gasteiger partial charge is 0.373 e. The predicted molar refractivity (Wildman–Crippen MR) is 107 cm³/mol. The standard InChI is InChI=1S/C20H21N7O/c1-21-19-16-9-22-17(26-20(28)11-2-3-11)7-14(16)15(8-23-19)12-4-5-13(6-12)18-24-10-25-27-18/h4,7-11,13H,2-3,5-6H2,1H3,(H,21,23)(H,22,26,28)(H,24,25,27). The molecular formula is C20H21N7O. The predicted octanol–water partition coefficient (Wildman–Crippen LogP) is 3.10. The molecule has 0 bridgehead atoms. The number of pyridine rings is 2. The van der Waals surface area contributed by atoms with Gasteiger partial charge in [-0.15, -0.1) is 0 Å². The zero-order valence-electron chi connectivity index (χ0n) is 15.6. The lowest BCUT2D eigenvalue weighted by Gasteiger charge is -2.13. The Morgan fingerprint density at radius 2 is 2.07 bits per heavy atom. The highest BCUT2D eigenvalue weighted by Gasteiger charge is 2.30. The van der Waals surface area contributed by atoms with Gasteiger partial charge in [-0.05, 0) is 42.7 Å². The van der Waals surface area contributed by atoms with Gasteiger partial charge >= 0.3 is 0 Å². The number of amides is 1. The van der Waals surface area contributed by atoms with Crippen LogP contribution in [-0.2, 0) is 4.79 Å². The van der Waals surface area contributed by atoms with Crippen LogP contribution in [0.1, 0.15) is 43.0 Å². The summed E-state index contributed by atoms with van der Waals surface area (Å²) >= 11 is 0. The fourth-order valence-electron chi connectivity index (χ4n) is 3.78. The Morgan fingerprint density at radius 1 is 1.18 bits per heavy atom. The molecule has 1 amide bonds. The molecule has 0 spiro atoms. The molecule has 1 saturated carbocycles. The molecule has 1 atom stereocenters. The Kier molecular flexibility index (Phi) is 4.03. The maximum atomic E-state index is 12.1. The number of nitrogens with zero attached hydrogens (tertiary/aromatic N) is 4. The molecule has 0 aliphatic heterocycles. The van der Waals surface area contributed by atoms with Gasteiger partial charge in [0.15, 0.2) is 5.82 Å². The number of nitrogens with one attached hydrogen (secondary N) is 3. The number of H-pyrrole nitrogens is 1. The van der Waals surface area contributed by atoms with E-state index in [0.29, 0.717) is 5.82 Å². The van der Waals surface area contributed by atoms with Gasteiger partial charge in [0, 0.05) is 42.2 Å². The van der Waals surface area contributed by atoms with Gasteiger partial charge in [-0.1, -0.05) is 6.08 Å². The van der Waals surface area contributed by atoms with E-state index in [-0.39, 0.29) is 17.7 Å². The van der Waals surface area contributed by atoms with Crippen LogP contribution in [0.2, 0.25) is 0 Å². The zero-order valence-corrected chi connectivity index (χ0v) is 15.6. The molecule has 0 aromatic carbocycles. The molecule has 142 valence electrons. The molecule has 8 heteroatoms. The van der Waals surface area contributed by atoms with E-state index in [9.17, 15) is 4.79 Å². The highest BCUT2D eigenvalue weighted by Crippen LogP contribution is 2.40. The average Bonchev–Trinajstić information content (AvgIpc) is 3.22. The van der Waals surface area contributed by atoms with E-state index in [4.69, 9.17) is 0 Å². The second-order valence-corrected chi connectivity index (χ2v) is 7.37. The van der Waals surface area contributed by atoms with Gasteiger partial charge in [-0.2, -0.15) is 5.10 Å². The number of carbonyl (C=O) groups is 1. The third kappa shape index (κ3) is 3.00. The first-order valence-corrected chi connectivity index (χ1v) is 9.55. The molecule has 2 aliphatic rings. The van der Waals surface area contributed by atoms with E-state index in [1.54, 1.807) is 12.5 Å². The number of allylic oxidation sites excluding steroid dienone is 2. The molecular weight excluding hydrogens is 354 g/mol. The number of hydrogen-bond donors (Lipinski definition) is 3. The minimum atomic E-state index is 0.0565. The average molecular weight is 375 g/mol. The first-order chi connectivity index (χ1) is 13.7. The van der Waals surface area contributed by atoms with Crippen LogP contribution in [0.4, 0.5) is 11.6 Å². The summed E-state index contributed by atoms with van der Waals surface area (Å²) in [5, 5.41) is 15.1. The van der Waals surface area contributed by atoms with Crippen molar-refractivity contribution in [2.75, 3.05) is 17.7 Å². The number of aromatic nitrogens is 5. The molecule has 5 rings (SSSR count). The van der Waals surface area contributed by atoms with Crippen molar-refractivity contribution in [3.63, 3.8) is 0 Å². The SMILES string of the molecule is CNc1ncc(C2=CCC(c3nc[nH]n3)C2)c2cc(NC(=O)C3CC3)ncc12. The van der Waals surface area contributed by atoms with E-state index in [0.717, 1.165) is 53.7 Å². The lowest BCUT2D eigenvalue weighted by atomic mass is 9.98. The van der Waals surface area contributed by atoms with Gasteiger partial charge in [-0.25, -0.2) is 15.0 Å². The third-order valence-corrected chi connectivity index (χ3v) is 5.47. The first-order valence-electron chi connectivity index (χ1n) is 9.55. The van der Waals surface area contributed by atoms with Crippen LogP contribution in [0, 0.1) is 5.92 Å². The second-order valence-electron chi connectivity index (χ2n) is 7.37. The molecule has 3 N–H and O–H groups in total. The van der Waals surface area contributed by atoms with Gasteiger partial charge in [-0.3, -0.25) is 9.89 Å². The number of anilines is 2. The summed E-state index contributed by atoms with van der Waals surface area (Å²) < 4.78 is 0. The van der Waals surface area contributed by atoms with Gasteiger partial charge < -0.3 is 10.6 Å². The van der Waals surface area contributed by atoms with E-state index in [2.05, 4.69) is 41.9 Å². The van der Waals surface area contributed by atoms with Crippen LogP contribution < -0.4 is 10.6 Å². The summed E-state index contributed by atoms with van der Waals surface area (Å²) in [5.41, 5.74) is 2.29. The second kappa shape index (κ2) is 6.70. The summed E-state index contributed by atoms with van der Waals surface area (Å²) in [6, 6.07) is 1.95. The number of hydrogen-bond acceptors (Lipinski definition) is 6. The van der Waals surface area contributed by atoms with E-state index in [1.165, 1.54) is 5.57 Å². The fraction of sp³-hybridized carbons (Fsp3) is 0.350. The summed E-state index contributed by atoms with van der Waals surface area (Å²) in [6.07, 6.45) is 11.2. The quantitative estimate of drug-likeness (QED) is 0.632. The monoisotopic (exact) mass is 375 g/mol. The molecule has 0 radical (unpaired) electrons. The Labute approximate surface area is 161 Å². The highest BCUT2D eigenvalue weighted by molar-refractivity contribution is 6.02. The first kappa shape index (κ1) is 16.9. The Bertz CT molecular complexity index is 1070. The lowest BCUT2D eigenvalue weighted by Crippen LogP contribution is -2.14. The molecule has 0 saturated heterocycles. The third-order valence-electron chi connectivity index (χ3n) is 5.47. The van der Waals surface area contributed by atoms with Gasteiger partial charge in [0.1, 0.15) is 18.0 Å². The number of rotatable bonds is 5. The zero-order chi connectivity index (χ0) is 19.1. The van der Waals surface area contributed by atoms with Gasteiger partial charge in [0.05, 0.1) is 0 Å². The summed E-state index contributed by atoms with van der Waals surface area (Å²) in [5.74, 6) is 2.67. The minimum absolute atomic E-state index is 0.0565. The Hall–Kier alpha value is -3.29. The summed E-state index contributed by atoms with van der Waals surface area (Å²) in [6.45, 7) is 0. The molecule has 8 nitrogen and oxygen atoms in total. The van der Waals surface area contributed by atoms with E-state index < -0.39 is 0 Å². The number of aromatic amines is 1. The number of carbonyl (C=O) groups excluding carboxylic acids is 1. The lowest BCUT2D eigenvalue weighted by molar-refractivity contribution is -0.117. The normalized spacial score (nSPS) is 18.9. The fourth-order valence-corrected chi connectivity index (χ4v) is 3.78. The maximum absolute atomic E-state index is 12.1. The highest BCUT2D eigenvalue weighted by atomic mass is 16.2.